The SMILES string of the molecule is CN(C)c1ccc(N)cc1C(=O)NCc1ncn[nH]1. The fourth-order valence-corrected chi connectivity index (χ4v) is 1.70. The molecule has 2 aromatic rings. The van der Waals surface area contributed by atoms with Gasteiger partial charge in [-0.25, -0.2) is 4.98 Å². The van der Waals surface area contributed by atoms with Crippen molar-refractivity contribution in [2.24, 2.45) is 0 Å². The molecule has 1 aromatic carbocycles. The highest BCUT2D eigenvalue weighted by atomic mass is 16.1. The van der Waals surface area contributed by atoms with Crippen LogP contribution in [-0.2, 0) is 6.54 Å². The summed E-state index contributed by atoms with van der Waals surface area (Å²) in [5, 5.41) is 9.17. The van der Waals surface area contributed by atoms with E-state index < -0.39 is 0 Å². The second kappa shape index (κ2) is 5.38. The molecular formula is C12H16N6O. The summed E-state index contributed by atoms with van der Waals surface area (Å²) in [6.07, 6.45) is 1.40. The second-order valence-corrected chi connectivity index (χ2v) is 4.29. The minimum Gasteiger partial charge on any atom is -0.399 e. The fraction of sp³-hybridized carbons (Fsp3) is 0.250. The third kappa shape index (κ3) is 3.01. The molecule has 0 atom stereocenters. The van der Waals surface area contributed by atoms with Crippen molar-refractivity contribution in [1.82, 2.24) is 20.5 Å². The number of anilines is 2. The molecule has 1 heterocycles. The summed E-state index contributed by atoms with van der Waals surface area (Å²) in [7, 11) is 3.75. The highest BCUT2D eigenvalue weighted by molar-refractivity contribution is 6.00. The molecule has 0 saturated carbocycles. The van der Waals surface area contributed by atoms with Crippen LogP contribution in [0, 0.1) is 0 Å². The van der Waals surface area contributed by atoms with E-state index in [-0.39, 0.29) is 5.91 Å². The van der Waals surface area contributed by atoms with Crippen molar-refractivity contribution in [3.63, 3.8) is 0 Å². The molecule has 2 rings (SSSR count). The highest BCUT2D eigenvalue weighted by Gasteiger charge is 2.13. The van der Waals surface area contributed by atoms with Gasteiger partial charge in [0.2, 0.25) is 0 Å². The van der Waals surface area contributed by atoms with Gasteiger partial charge in [-0.15, -0.1) is 0 Å². The van der Waals surface area contributed by atoms with Crippen LogP contribution in [0.4, 0.5) is 11.4 Å². The summed E-state index contributed by atoms with van der Waals surface area (Å²) in [4.78, 5) is 18.0. The van der Waals surface area contributed by atoms with Crippen molar-refractivity contribution in [3.05, 3.63) is 35.9 Å². The fourth-order valence-electron chi connectivity index (χ4n) is 1.70. The van der Waals surface area contributed by atoms with Crippen LogP contribution in [0.5, 0.6) is 0 Å². The first kappa shape index (κ1) is 12.9. The number of H-pyrrole nitrogens is 1. The lowest BCUT2D eigenvalue weighted by molar-refractivity contribution is 0.0950. The van der Waals surface area contributed by atoms with Crippen LogP contribution >= 0.6 is 0 Å². The molecular weight excluding hydrogens is 244 g/mol. The number of rotatable bonds is 4. The van der Waals surface area contributed by atoms with E-state index in [1.54, 1.807) is 12.1 Å². The van der Waals surface area contributed by atoms with Crippen LogP contribution < -0.4 is 16.0 Å². The van der Waals surface area contributed by atoms with Gasteiger partial charge < -0.3 is 16.0 Å². The van der Waals surface area contributed by atoms with E-state index in [0.29, 0.717) is 23.6 Å². The number of nitrogens with two attached hydrogens (primary N) is 1. The Kier molecular flexibility index (Phi) is 3.65. The van der Waals surface area contributed by atoms with Crippen LogP contribution in [0.15, 0.2) is 24.5 Å². The first-order chi connectivity index (χ1) is 9.08. The van der Waals surface area contributed by atoms with Crippen molar-refractivity contribution in [3.8, 4) is 0 Å². The lowest BCUT2D eigenvalue weighted by Crippen LogP contribution is -2.26. The van der Waals surface area contributed by atoms with Gasteiger partial charge in [-0.2, -0.15) is 5.10 Å². The molecule has 4 N–H and O–H groups in total. The number of nitrogens with one attached hydrogen (secondary N) is 2. The Morgan fingerprint density at radius 2 is 2.26 bits per heavy atom. The maximum absolute atomic E-state index is 12.2. The molecule has 0 fully saturated rings. The number of nitrogens with zero attached hydrogens (tertiary/aromatic N) is 3. The maximum Gasteiger partial charge on any atom is 0.253 e. The van der Waals surface area contributed by atoms with Gasteiger partial charge >= 0.3 is 0 Å². The van der Waals surface area contributed by atoms with Gasteiger partial charge in [-0.1, -0.05) is 0 Å². The number of aromatic nitrogens is 3. The topological polar surface area (TPSA) is 99.9 Å². The number of hydrogen-bond acceptors (Lipinski definition) is 5. The monoisotopic (exact) mass is 260 g/mol. The Morgan fingerprint density at radius 3 is 2.89 bits per heavy atom. The Labute approximate surface area is 110 Å². The molecule has 1 amide bonds. The van der Waals surface area contributed by atoms with E-state index in [1.807, 2.05) is 25.1 Å². The van der Waals surface area contributed by atoms with Crippen molar-refractivity contribution in [2.45, 2.75) is 6.54 Å². The third-order valence-electron chi connectivity index (χ3n) is 2.63. The summed E-state index contributed by atoms with van der Waals surface area (Å²) >= 11 is 0. The Bertz CT molecular complexity index is 564. The first-order valence-corrected chi connectivity index (χ1v) is 5.77. The summed E-state index contributed by atoms with van der Waals surface area (Å²) in [5.74, 6) is 0.399. The molecule has 19 heavy (non-hydrogen) atoms. The van der Waals surface area contributed by atoms with Crippen molar-refractivity contribution in [2.75, 3.05) is 24.7 Å². The second-order valence-electron chi connectivity index (χ2n) is 4.29. The number of hydrogen-bond donors (Lipinski definition) is 3. The molecule has 0 aliphatic rings. The first-order valence-electron chi connectivity index (χ1n) is 5.77. The van der Waals surface area contributed by atoms with E-state index in [9.17, 15) is 4.79 Å². The number of carbonyl (C=O) groups excluding carboxylic acids is 1. The van der Waals surface area contributed by atoms with E-state index in [4.69, 9.17) is 5.73 Å². The van der Waals surface area contributed by atoms with Crippen molar-refractivity contribution < 1.29 is 4.79 Å². The standard InChI is InChI=1S/C12H16N6O/c1-18(2)10-4-3-8(13)5-9(10)12(19)14-6-11-15-7-16-17-11/h3-5,7H,6,13H2,1-2H3,(H,14,19)(H,15,16,17). The molecule has 0 saturated heterocycles. The van der Waals surface area contributed by atoms with Gasteiger partial charge in [0.1, 0.15) is 12.2 Å². The van der Waals surface area contributed by atoms with Gasteiger partial charge in [0.25, 0.3) is 5.91 Å². The van der Waals surface area contributed by atoms with Crippen LogP contribution in [0.25, 0.3) is 0 Å². The predicted octanol–water partition coefficient (Wildman–Crippen LogP) is 0.383. The van der Waals surface area contributed by atoms with E-state index >= 15 is 0 Å². The van der Waals surface area contributed by atoms with E-state index in [1.165, 1.54) is 6.33 Å². The molecule has 0 unspecified atom stereocenters. The maximum atomic E-state index is 12.2. The summed E-state index contributed by atoms with van der Waals surface area (Å²) in [6.45, 7) is 0.292. The zero-order chi connectivity index (χ0) is 13.8. The van der Waals surface area contributed by atoms with Crippen LogP contribution in [0.3, 0.4) is 0 Å². The number of amides is 1. The largest absolute Gasteiger partial charge is 0.399 e. The Morgan fingerprint density at radius 1 is 1.47 bits per heavy atom. The molecule has 0 bridgehead atoms. The molecule has 0 aliphatic heterocycles. The van der Waals surface area contributed by atoms with Gasteiger partial charge in [0.05, 0.1) is 12.1 Å². The van der Waals surface area contributed by atoms with Crippen LogP contribution in [0.2, 0.25) is 0 Å². The third-order valence-corrected chi connectivity index (χ3v) is 2.63. The van der Waals surface area contributed by atoms with Gasteiger partial charge in [-0.3, -0.25) is 9.89 Å². The van der Waals surface area contributed by atoms with Gasteiger partial charge in [0, 0.05) is 25.5 Å². The van der Waals surface area contributed by atoms with Crippen molar-refractivity contribution >= 4 is 17.3 Å². The molecule has 0 spiro atoms. The average Bonchev–Trinajstić information content (AvgIpc) is 2.88. The average molecular weight is 260 g/mol. The normalized spacial score (nSPS) is 10.2. The molecule has 100 valence electrons. The van der Waals surface area contributed by atoms with Crippen LogP contribution in [0.1, 0.15) is 16.2 Å². The summed E-state index contributed by atoms with van der Waals surface area (Å²) in [5.41, 5.74) is 7.62. The van der Waals surface area contributed by atoms with Gasteiger partial charge in [0.15, 0.2) is 0 Å². The van der Waals surface area contributed by atoms with E-state index in [0.717, 1.165) is 5.69 Å². The Balaban J connectivity index is 2.16. The minimum atomic E-state index is -0.201. The lowest BCUT2D eigenvalue weighted by atomic mass is 10.1. The van der Waals surface area contributed by atoms with Crippen molar-refractivity contribution in [1.29, 1.82) is 0 Å². The summed E-state index contributed by atoms with van der Waals surface area (Å²) < 4.78 is 0. The zero-order valence-electron chi connectivity index (χ0n) is 10.8. The number of carbonyl (C=O) groups is 1. The molecule has 7 heteroatoms. The molecule has 7 nitrogen and oxygen atoms in total. The quantitative estimate of drug-likeness (QED) is 0.690. The Hall–Kier alpha value is -2.57. The van der Waals surface area contributed by atoms with E-state index in [2.05, 4.69) is 20.5 Å². The molecule has 0 aliphatic carbocycles. The van der Waals surface area contributed by atoms with Gasteiger partial charge in [-0.05, 0) is 18.2 Å². The number of benzene rings is 1. The summed E-state index contributed by atoms with van der Waals surface area (Å²) in [6, 6.07) is 5.24. The molecule has 1 aromatic heterocycles. The molecule has 0 radical (unpaired) electrons. The highest BCUT2D eigenvalue weighted by Crippen LogP contribution is 2.21. The lowest BCUT2D eigenvalue weighted by Gasteiger charge is -2.17. The number of aromatic amines is 1. The minimum absolute atomic E-state index is 0.201. The number of nitrogen functional groups attached to an aromatic ring is 1. The van der Waals surface area contributed by atoms with Crippen LogP contribution in [-0.4, -0.2) is 35.2 Å². The smallest absolute Gasteiger partial charge is 0.253 e. The zero-order valence-corrected chi connectivity index (χ0v) is 10.8. The predicted molar refractivity (Wildman–Crippen MR) is 72.7 cm³/mol.